The maximum absolute atomic E-state index is 12.6. The molecule has 0 atom stereocenters. The number of methoxy groups -OCH3 is 1. The van der Waals surface area contributed by atoms with Crippen LogP contribution in [0.15, 0.2) is 42.5 Å². The van der Waals surface area contributed by atoms with Crippen LogP contribution in [0.1, 0.15) is 41.6 Å². The molecule has 170 valence electrons. The van der Waals surface area contributed by atoms with E-state index in [0.29, 0.717) is 29.8 Å². The topological polar surface area (TPSA) is 96.7 Å². The predicted molar refractivity (Wildman–Crippen MR) is 123 cm³/mol. The smallest absolute Gasteiger partial charge is 0.293 e. The van der Waals surface area contributed by atoms with E-state index in [2.05, 4.69) is 27.7 Å². The third-order valence-corrected chi connectivity index (χ3v) is 6.22. The van der Waals surface area contributed by atoms with Gasteiger partial charge in [0.05, 0.1) is 12.0 Å². The highest BCUT2D eigenvalue weighted by Crippen LogP contribution is 2.31. The lowest BCUT2D eigenvalue weighted by atomic mass is 9.96. The lowest BCUT2D eigenvalue weighted by Crippen LogP contribution is -2.38. The van der Waals surface area contributed by atoms with Crippen molar-refractivity contribution in [2.75, 3.05) is 32.1 Å². The number of anilines is 1. The Labute approximate surface area is 188 Å². The zero-order valence-electron chi connectivity index (χ0n) is 18.4. The van der Waals surface area contributed by atoms with Crippen molar-refractivity contribution in [3.05, 3.63) is 63.7 Å². The number of likely N-dealkylation sites (tertiary alicyclic amines) is 1. The van der Waals surface area contributed by atoms with E-state index in [-0.39, 0.29) is 11.6 Å². The molecule has 1 heterocycles. The molecule has 4 rings (SSSR count). The first-order chi connectivity index (χ1) is 15.5. The zero-order valence-corrected chi connectivity index (χ0v) is 18.4. The summed E-state index contributed by atoms with van der Waals surface area (Å²) in [6.07, 6.45) is 4.08. The summed E-state index contributed by atoms with van der Waals surface area (Å²) in [7, 11) is 1.67. The van der Waals surface area contributed by atoms with Gasteiger partial charge in [-0.2, -0.15) is 0 Å². The SMILES string of the molecule is COc1ccc(CN2CCC(CNC(=O)c3ccc(NC4CC4)c([N+](=O)[O-])c3)CC2)cc1. The minimum Gasteiger partial charge on any atom is -0.497 e. The number of amides is 1. The van der Waals surface area contributed by atoms with Crippen molar-refractivity contribution in [1.29, 1.82) is 0 Å². The molecule has 1 aliphatic carbocycles. The van der Waals surface area contributed by atoms with Gasteiger partial charge in [0, 0.05) is 30.8 Å². The summed E-state index contributed by atoms with van der Waals surface area (Å²) in [5.41, 5.74) is 2.03. The largest absolute Gasteiger partial charge is 0.497 e. The van der Waals surface area contributed by atoms with E-state index < -0.39 is 4.92 Å². The van der Waals surface area contributed by atoms with Crippen LogP contribution in [-0.4, -0.2) is 48.5 Å². The molecule has 2 aliphatic rings. The molecular formula is C24H30N4O4. The van der Waals surface area contributed by atoms with Gasteiger partial charge in [0.15, 0.2) is 0 Å². The summed E-state index contributed by atoms with van der Waals surface area (Å²) in [6, 6.07) is 13.1. The van der Waals surface area contributed by atoms with Crippen LogP contribution in [0.2, 0.25) is 0 Å². The zero-order chi connectivity index (χ0) is 22.5. The van der Waals surface area contributed by atoms with Gasteiger partial charge in [-0.25, -0.2) is 0 Å². The summed E-state index contributed by atoms with van der Waals surface area (Å²) in [6.45, 7) is 3.47. The van der Waals surface area contributed by atoms with Crippen LogP contribution in [0.25, 0.3) is 0 Å². The van der Waals surface area contributed by atoms with Gasteiger partial charge in [-0.1, -0.05) is 12.1 Å². The van der Waals surface area contributed by atoms with Crippen molar-refractivity contribution >= 4 is 17.3 Å². The van der Waals surface area contributed by atoms with Crippen LogP contribution >= 0.6 is 0 Å². The molecule has 8 nitrogen and oxygen atoms in total. The molecule has 0 unspecified atom stereocenters. The van der Waals surface area contributed by atoms with Gasteiger partial charge < -0.3 is 15.4 Å². The fourth-order valence-corrected chi connectivity index (χ4v) is 4.07. The molecule has 0 radical (unpaired) electrons. The number of nitrogens with zero attached hydrogens (tertiary/aromatic N) is 2. The van der Waals surface area contributed by atoms with Crippen LogP contribution < -0.4 is 15.4 Å². The Bertz CT molecular complexity index is 951. The lowest BCUT2D eigenvalue weighted by Gasteiger charge is -2.32. The molecule has 0 spiro atoms. The maximum atomic E-state index is 12.6. The molecule has 2 aromatic carbocycles. The fraction of sp³-hybridized carbons (Fsp3) is 0.458. The first kappa shape index (κ1) is 22.1. The van der Waals surface area contributed by atoms with Gasteiger partial charge in [-0.05, 0) is 74.5 Å². The normalized spacial score (nSPS) is 17.0. The summed E-state index contributed by atoms with van der Waals surface area (Å²) in [4.78, 5) is 26.0. The quantitative estimate of drug-likeness (QED) is 0.456. The van der Waals surface area contributed by atoms with E-state index in [4.69, 9.17) is 4.74 Å². The molecule has 1 saturated carbocycles. The van der Waals surface area contributed by atoms with Gasteiger partial charge in [0.25, 0.3) is 11.6 Å². The number of nitro benzene ring substituents is 1. The Hall–Kier alpha value is -3.13. The Kier molecular flexibility index (Phi) is 6.90. The number of ether oxygens (including phenoxy) is 1. The standard InChI is InChI=1S/C24H30N4O4/c1-32-21-7-2-18(3-8-21)16-27-12-10-17(11-13-27)15-25-24(29)19-4-9-22(26-20-5-6-20)23(14-19)28(30)31/h2-4,7-9,14,17,20,26H,5-6,10-13,15-16H2,1H3,(H,25,29). The molecule has 0 bridgehead atoms. The molecular weight excluding hydrogens is 408 g/mol. The Balaban J connectivity index is 1.24. The molecule has 8 heteroatoms. The first-order valence-corrected chi connectivity index (χ1v) is 11.2. The average molecular weight is 439 g/mol. The minimum atomic E-state index is -0.431. The Morgan fingerprint density at radius 3 is 2.47 bits per heavy atom. The molecule has 32 heavy (non-hydrogen) atoms. The number of nitro groups is 1. The van der Waals surface area contributed by atoms with Gasteiger partial charge in [0.1, 0.15) is 11.4 Å². The highest BCUT2D eigenvalue weighted by molar-refractivity contribution is 5.95. The number of nitrogens with one attached hydrogen (secondary N) is 2. The maximum Gasteiger partial charge on any atom is 0.293 e. The second-order valence-electron chi connectivity index (χ2n) is 8.69. The van der Waals surface area contributed by atoms with Gasteiger partial charge in [-0.3, -0.25) is 19.8 Å². The van der Waals surface area contributed by atoms with Gasteiger partial charge in [0.2, 0.25) is 0 Å². The molecule has 2 fully saturated rings. The van der Waals surface area contributed by atoms with Crippen LogP contribution in [-0.2, 0) is 6.54 Å². The van der Waals surface area contributed by atoms with E-state index in [0.717, 1.165) is 51.1 Å². The number of rotatable bonds is 9. The van der Waals surface area contributed by atoms with Crippen molar-refractivity contribution in [3.63, 3.8) is 0 Å². The number of hydrogen-bond donors (Lipinski definition) is 2. The Morgan fingerprint density at radius 1 is 1.12 bits per heavy atom. The fourth-order valence-electron chi connectivity index (χ4n) is 4.07. The van der Waals surface area contributed by atoms with Crippen molar-refractivity contribution < 1.29 is 14.5 Å². The monoisotopic (exact) mass is 438 g/mol. The molecule has 1 aliphatic heterocycles. The summed E-state index contributed by atoms with van der Waals surface area (Å²) in [5.74, 6) is 1.02. The van der Waals surface area contributed by atoms with Crippen LogP contribution in [0.4, 0.5) is 11.4 Å². The van der Waals surface area contributed by atoms with E-state index in [1.54, 1.807) is 19.2 Å². The van der Waals surface area contributed by atoms with Crippen molar-refractivity contribution in [2.45, 2.75) is 38.3 Å². The average Bonchev–Trinajstić information content (AvgIpc) is 3.63. The number of hydrogen-bond acceptors (Lipinski definition) is 6. The van der Waals surface area contributed by atoms with Gasteiger partial charge >= 0.3 is 0 Å². The number of piperidine rings is 1. The van der Waals surface area contributed by atoms with Crippen LogP contribution in [0.5, 0.6) is 5.75 Å². The molecule has 2 aromatic rings. The summed E-state index contributed by atoms with van der Waals surface area (Å²) < 4.78 is 5.21. The van der Waals surface area contributed by atoms with Gasteiger partial charge in [-0.15, -0.1) is 0 Å². The van der Waals surface area contributed by atoms with Crippen molar-refractivity contribution in [3.8, 4) is 5.75 Å². The summed E-state index contributed by atoms with van der Waals surface area (Å²) in [5, 5.41) is 17.5. The second-order valence-corrected chi connectivity index (χ2v) is 8.69. The number of carbonyl (C=O) groups is 1. The predicted octanol–water partition coefficient (Wildman–Crippen LogP) is 3.82. The van der Waals surface area contributed by atoms with E-state index in [1.807, 2.05) is 12.1 Å². The third-order valence-electron chi connectivity index (χ3n) is 6.22. The van der Waals surface area contributed by atoms with E-state index >= 15 is 0 Å². The summed E-state index contributed by atoms with van der Waals surface area (Å²) >= 11 is 0. The minimum absolute atomic E-state index is 0.0450. The Morgan fingerprint density at radius 2 is 1.84 bits per heavy atom. The first-order valence-electron chi connectivity index (χ1n) is 11.2. The molecule has 1 saturated heterocycles. The van der Waals surface area contributed by atoms with E-state index in [1.165, 1.54) is 11.6 Å². The molecule has 0 aromatic heterocycles. The second kappa shape index (κ2) is 9.99. The highest BCUT2D eigenvalue weighted by atomic mass is 16.6. The molecule has 1 amide bonds. The van der Waals surface area contributed by atoms with E-state index in [9.17, 15) is 14.9 Å². The van der Waals surface area contributed by atoms with Crippen LogP contribution in [0, 0.1) is 16.0 Å². The third kappa shape index (κ3) is 5.76. The number of carbonyl (C=O) groups excluding carboxylic acids is 1. The van der Waals surface area contributed by atoms with Crippen LogP contribution in [0.3, 0.4) is 0 Å². The van der Waals surface area contributed by atoms with Crippen molar-refractivity contribution in [1.82, 2.24) is 10.2 Å². The lowest BCUT2D eigenvalue weighted by molar-refractivity contribution is -0.384. The molecule has 2 N–H and O–H groups in total. The number of benzene rings is 2. The van der Waals surface area contributed by atoms with Crippen molar-refractivity contribution in [2.24, 2.45) is 5.92 Å². The highest BCUT2D eigenvalue weighted by Gasteiger charge is 2.26.